The Hall–Kier alpha value is -3.35. The zero-order chi connectivity index (χ0) is 23.4. The van der Waals surface area contributed by atoms with Crippen LogP contribution in [0.5, 0.6) is 0 Å². The molecular weight excluding hydrogens is 420 g/mol. The molecule has 0 aromatic heterocycles. The van der Waals surface area contributed by atoms with Crippen LogP contribution in [0.15, 0.2) is 48.5 Å². The first-order chi connectivity index (χ1) is 15.9. The van der Waals surface area contributed by atoms with Gasteiger partial charge in [-0.15, -0.1) is 0 Å². The number of carbonyl (C=O) groups excluding carboxylic acids is 2. The molecule has 174 valence electrons. The number of amides is 2. The number of alkyl carbamates (subject to hydrolysis) is 1. The summed E-state index contributed by atoms with van der Waals surface area (Å²) >= 11 is 0. The lowest BCUT2D eigenvalue weighted by Crippen LogP contribution is -2.34. The lowest BCUT2D eigenvalue weighted by Gasteiger charge is -2.16. The molecule has 2 aliphatic carbocycles. The molecule has 7 nitrogen and oxygen atoms in total. The molecule has 3 N–H and O–H groups in total. The number of rotatable bonds is 10. The number of ether oxygens (including phenoxy) is 1. The van der Waals surface area contributed by atoms with E-state index in [9.17, 15) is 14.4 Å². The summed E-state index contributed by atoms with van der Waals surface area (Å²) in [6.07, 6.45) is 1.65. The van der Waals surface area contributed by atoms with Gasteiger partial charge in [-0.25, -0.2) is 4.79 Å². The molecule has 1 saturated carbocycles. The highest BCUT2D eigenvalue weighted by molar-refractivity contribution is 5.81. The fourth-order valence-electron chi connectivity index (χ4n) is 4.36. The van der Waals surface area contributed by atoms with E-state index in [1.165, 1.54) is 22.3 Å². The third kappa shape index (κ3) is 5.18. The van der Waals surface area contributed by atoms with E-state index in [0.29, 0.717) is 32.2 Å². The smallest absolute Gasteiger partial charge is 0.407 e. The summed E-state index contributed by atoms with van der Waals surface area (Å²) in [7, 11) is 0. The van der Waals surface area contributed by atoms with Gasteiger partial charge in [-0.2, -0.15) is 0 Å². The van der Waals surface area contributed by atoms with Crippen LogP contribution in [0.4, 0.5) is 4.79 Å². The van der Waals surface area contributed by atoms with Gasteiger partial charge < -0.3 is 20.5 Å². The maximum Gasteiger partial charge on any atom is 0.407 e. The Morgan fingerprint density at radius 3 is 2.21 bits per heavy atom. The number of carboxylic acid groups (broad SMARTS) is 1. The van der Waals surface area contributed by atoms with Gasteiger partial charge in [0.15, 0.2) is 0 Å². The second-order valence-corrected chi connectivity index (χ2v) is 9.21. The van der Waals surface area contributed by atoms with E-state index >= 15 is 0 Å². The molecule has 4 rings (SSSR count). The van der Waals surface area contributed by atoms with E-state index in [0.717, 1.165) is 0 Å². The van der Waals surface area contributed by atoms with Crippen molar-refractivity contribution in [1.82, 2.24) is 10.6 Å². The van der Waals surface area contributed by atoms with Gasteiger partial charge in [-0.05, 0) is 47.4 Å². The maximum atomic E-state index is 12.3. The second kappa shape index (κ2) is 9.65. The molecule has 0 saturated heterocycles. The fraction of sp³-hybridized carbons (Fsp3) is 0.423. The fourth-order valence-corrected chi connectivity index (χ4v) is 4.36. The zero-order valence-electron chi connectivity index (χ0n) is 18.8. The minimum absolute atomic E-state index is 0.0184. The molecule has 1 unspecified atom stereocenters. The molecule has 0 aliphatic heterocycles. The lowest BCUT2D eigenvalue weighted by atomic mass is 9.98. The van der Waals surface area contributed by atoms with Crippen LogP contribution in [0.1, 0.15) is 49.7 Å². The van der Waals surface area contributed by atoms with Crippen LogP contribution >= 0.6 is 0 Å². The van der Waals surface area contributed by atoms with Gasteiger partial charge >= 0.3 is 12.1 Å². The Morgan fingerprint density at radius 2 is 1.64 bits per heavy atom. The zero-order valence-corrected chi connectivity index (χ0v) is 18.8. The minimum Gasteiger partial charge on any atom is -0.481 e. The van der Waals surface area contributed by atoms with Crippen LogP contribution < -0.4 is 10.6 Å². The van der Waals surface area contributed by atoms with Crippen LogP contribution in [0.2, 0.25) is 0 Å². The second-order valence-electron chi connectivity index (χ2n) is 9.21. The van der Waals surface area contributed by atoms with Gasteiger partial charge in [0.05, 0.1) is 5.41 Å². The molecule has 0 heterocycles. The Balaban J connectivity index is 1.18. The van der Waals surface area contributed by atoms with Crippen LogP contribution in [-0.4, -0.2) is 42.8 Å². The number of carboxylic acids is 1. The van der Waals surface area contributed by atoms with E-state index in [-0.39, 0.29) is 30.9 Å². The van der Waals surface area contributed by atoms with Gasteiger partial charge in [0.1, 0.15) is 6.61 Å². The summed E-state index contributed by atoms with van der Waals surface area (Å²) in [5.41, 5.74) is 3.95. The van der Waals surface area contributed by atoms with E-state index < -0.39 is 17.5 Å². The molecule has 0 radical (unpaired) electrons. The van der Waals surface area contributed by atoms with Gasteiger partial charge in [0.2, 0.25) is 5.91 Å². The van der Waals surface area contributed by atoms with E-state index in [2.05, 4.69) is 34.9 Å². The summed E-state index contributed by atoms with van der Waals surface area (Å²) in [6.45, 7) is 2.81. The van der Waals surface area contributed by atoms with Crippen LogP contribution in [0.3, 0.4) is 0 Å². The van der Waals surface area contributed by atoms with Crippen molar-refractivity contribution in [2.75, 3.05) is 19.7 Å². The SMILES string of the molecule is CC(CCC(=O)NCC1(C(=O)O)CC1)CNC(=O)OCC1c2ccccc2-c2ccccc21. The molecule has 0 spiro atoms. The molecule has 2 amide bonds. The third-order valence-electron chi connectivity index (χ3n) is 6.73. The predicted octanol–water partition coefficient (Wildman–Crippen LogP) is 3.92. The van der Waals surface area contributed by atoms with Crippen molar-refractivity contribution < 1.29 is 24.2 Å². The monoisotopic (exact) mass is 450 g/mol. The Morgan fingerprint density at radius 1 is 1.03 bits per heavy atom. The standard InChI is InChI=1S/C26H30N2O5/c1-17(10-11-23(29)28-16-26(12-13-26)24(30)31)14-27-25(32)33-15-22-20-8-4-2-6-18(20)19-7-3-5-9-21(19)22/h2-9,17,22H,10-16H2,1H3,(H,27,32)(H,28,29)(H,30,31). The number of nitrogens with one attached hydrogen (secondary N) is 2. The number of aliphatic carboxylic acids is 1. The third-order valence-corrected chi connectivity index (χ3v) is 6.73. The summed E-state index contributed by atoms with van der Waals surface area (Å²) in [6, 6.07) is 16.4. The molecule has 1 fully saturated rings. The van der Waals surface area contributed by atoms with Gasteiger partial charge in [0.25, 0.3) is 0 Å². The molecule has 33 heavy (non-hydrogen) atoms. The lowest BCUT2D eigenvalue weighted by molar-refractivity contribution is -0.143. The Bertz CT molecular complexity index is 1000. The summed E-state index contributed by atoms with van der Waals surface area (Å²) in [4.78, 5) is 35.5. The number of fused-ring (bicyclic) bond motifs is 3. The summed E-state index contributed by atoms with van der Waals surface area (Å²) in [5, 5.41) is 14.7. The normalized spacial score (nSPS) is 16.3. The summed E-state index contributed by atoms with van der Waals surface area (Å²) < 4.78 is 5.54. The number of carbonyl (C=O) groups is 3. The molecule has 2 aliphatic rings. The number of hydrogen-bond acceptors (Lipinski definition) is 4. The molecule has 2 aromatic rings. The van der Waals surface area contributed by atoms with Crippen LogP contribution in [0.25, 0.3) is 11.1 Å². The van der Waals surface area contributed by atoms with Crippen LogP contribution in [-0.2, 0) is 14.3 Å². The minimum atomic E-state index is -0.844. The van der Waals surface area contributed by atoms with Crippen molar-refractivity contribution in [1.29, 1.82) is 0 Å². The topological polar surface area (TPSA) is 105 Å². The molecule has 2 aromatic carbocycles. The molecule has 1 atom stereocenters. The molecule has 7 heteroatoms. The van der Waals surface area contributed by atoms with E-state index in [4.69, 9.17) is 9.84 Å². The first-order valence-corrected chi connectivity index (χ1v) is 11.5. The average Bonchev–Trinajstić information content (AvgIpc) is 3.56. The average molecular weight is 451 g/mol. The van der Waals surface area contributed by atoms with Crippen molar-refractivity contribution in [2.45, 2.75) is 38.5 Å². The van der Waals surface area contributed by atoms with Gasteiger partial charge in [0, 0.05) is 25.4 Å². The Kier molecular flexibility index (Phi) is 6.67. The Labute approximate surface area is 193 Å². The first-order valence-electron chi connectivity index (χ1n) is 11.5. The van der Waals surface area contributed by atoms with Gasteiger partial charge in [-0.1, -0.05) is 55.5 Å². The highest BCUT2D eigenvalue weighted by Crippen LogP contribution is 2.45. The van der Waals surface area contributed by atoms with Crippen molar-refractivity contribution in [2.24, 2.45) is 11.3 Å². The highest BCUT2D eigenvalue weighted by Gasteiger charge is 2.50. The van der Waals surface area contributed by atoms with E-state index in [1.807, 2.05) is 31.2 Å². The van der Waals surface area contributed by atoms with Crippen LogP contribution in [0, 0.1) is 11.3 Å². The van der Waals surface area contributed by atoms with Crippen molar-refractivity contribution >= 4 is 18.0 Å². The van der Waals surface area contributed by atoms with Crippen molar-refractivity contribution in [3.63, 3.8) is 0 Å². The largest absolute Gasteiger partial charge is 0.481 e. The predicted molar refractivity (Wildman–Crippen MR) is 124 cm³/mol. The maximum absolute atomic E-state index is 12.3. The molecule has 0 bridgehead atoms. The summed E-state index contributed by atoms with van der Waals surface area (Å²) in [5.74, 6) is -0.894. The molecular formula is C26H30N2O5. The number of hydrogen-bond donors (Lipinski definition) is 3. The van der Waals surface area contributed by atoms with Gasteiger partial charge in [-0.3, -0.25) is 9.59 Å². The highest BCUT2D eigenvalue weighted by atomic mass is 16.5. The first kappa shape index (κ1) is 22.8. The number of benzene rings is 2. The van der Waals surface area contributed by atoms with Crippen molar-refractivity contribution in [3.8, 4) is 11.1 Å². The van der Waals surface area contributed by atoms with Crippen molar-refractivity contribution in [3.05, 3.63) is 59.7 Å². The quantitative estimate of drug-likeness (QED) is 0.509. The van der Waals surface area contributed by atoms with E-state index in [1.54, 1.807) is 0 Å².